The summed E-state index contributed by atoms with van der Waals surface area (Å²) < 4.78 is 5.91. The molecule has 3 heterocycles. The van der Waals surface area contributed by atoms with Crippen molar-refractivity contribution in [3.8, 4) is 5.75 Å². The Morgan fingerprint density at radius 2 is 2.33 bits per heavy atom. The minimum absolute atomic E-state index is 0.0128. The second kappa shape index (κ2) is 3.62. The molecule has 0 aromatic heterocycles. The minimum Gasteiger partial charge on any atom is -0.489 e. The van der Waals surface area contributed by atoms with E-state index in [1.54, 1.807) is 0 Å². The Balaban J connectivity index is 1.83. The molecule has 1 atom stereocenters. The van der Waals surface area contributed by atoms with Gasteiger partial charge < -0.3 is 20.3 Å². The Kier molecular flexibility index (Phi) is 2.05. The van der Waals surface area contributed by atoms with E-state index >= 15 is 0 Å². The lowest BCUT2D eigenvalue weighted by atomic mass is 10.0. The first-order valence-electron chi connectivity index (χ1n) is 6.39. The van der Waals surface area contributed by atoms with Crippen LogP contribution >= 0.6 is 0 Å². The molecular weight excluding hydrogens is 230 g/mol. The van der Waals surface area contributed by atoms with Crippen LogP contribution in [0.25, 0.3) is 0 Å². The van der Waals surface area contributed by atoms with Gasteiger partial charge in [-0.25, -0.2) is 0 Å². The van der Waals surface area contributed by atoms with Crippen LogP contribution in [-0.4, -0.2) is 38.2 Å². The Hall–Kier alpha value is -1.75. The number of nitrogens with one attached hydrogen (secondary N) is 2. The van der Waals surface area contributed by atoms with Crippen molar-refractivity contribution in [1.82, 2.24) is 10.6 Å². The Labute approximate surface area is 105 Å². The molecule has 0 saturated carbocycles. The van der Waals surface area contributed by atoms with Crippen molar-refractivity contribution < 1.29 is 9.53 Å². The van der Waals surface area contributed by atoms with E-state index in [-0.39, 0.29) is 5.91 Å². The lowest BCUT2D eigenvalue weighted by Crippen LogP contribution is -2.55. The van der Waals surface area contributed by atoms with Crippen LogP contribution in [0.15, 0.2) is 12.1 Å². The molecule has 1 fully saturated rings. The van der Waals surface area contributed by atoms with Crippen LogP contribution in [0.3, 0.4) is 0 Å². The number of carbonyl (C=O) groups is 1. The van der Waals surface area contributed by atoms with Crippen LogP contribution < -0.4 is 20.3 Å². The van der Waals surface area contributed by atoms with E-state index in [0.717, 1.165) is 42.2 Å². The third-order valence-electron chi connectivity index (χ3n) is 3.99. The molecule has 5 nitrogen and oxygen atoms in total. The monoisotopic (exact) mass is 245 g/mol. The number of nitrogens with zero attached hydrogens (tertiary/aromatic N) is 1. The second-order valence-electron chi connectivity index (χ2n) is 4.98. The molecule has 18 heavy (non-hydrogen) atoms. The molecule has 94 valence electrons. The zero-order valence-electron chi connectivity index (χ0n) is 10.0. The standard InChI is InChI=1S/C13H15N3O2/c17-13-9-1-2-11-12(10(9)6-15-13)18-7-8-5-14-3-4-16(8)11/h1-2,8,14H,3-7H2,(H,15,17). The van der Waals surface area contributed by atoms with E-state index in [9.17, 15) is 4.79 Å². The van der Waals surface area contributed by atoms with Gasteiger partial charge in [-0.15, -0.1) is 0 Å². The molecule has 1 amide bonds. The lowest BCUT2D eigenvalue weighted by Gasteiger charge is -2.42. The van der Waals surface area contributed by atoms with Crippen molar-refractivity contribution >= 4 is 11.6 Å². The summed E-state index contributed by atoms with van der Waals surface area (Å²) in [6.07, 6.45) is 0. The fourth-order valence-corrected chi connectivity index (χ4v) is 3.06. The largest absolute Gasteiger partial charge is 0.489 e. The predicted molar refractivity (Wildman–Crippen MR) is 67.1 cm³/mol. The van der Waals surface area contributed by atoms with Crippen LogP contribution in [0.1, 0.15) is 15.9 Å². The molecule has 3 aliphatic rings. The van der Waals surface area contributed by atoms with Gasteiger partial charge in [0.1, 0.15) is 12.4 Å². The van der Waals surface area contributed by atoms with Gasteiger partial charge in [0.25, 0.3) is 5.91 Å². The fraction of sp³-hybridized carbons (Fsp3) is 0.462. The average Bonchev–Trinajstić information content (AvgIpc) is 2.80. The molecule has 0 radical (unpaired) electrons. The molecule has 0 bridgehead atoms. The van der Waals surface area contributed by atoms with Gasteiger partial charge in [0.15, 0.2) is 0 Å². The molecule has 1 aromatic rings. The molecule has 1 unspecified atom stereocenters. The first kappa shape index (κ1) is 10.2. The maximum absolute atomic E-state index is 11.6. The second-order valence-corrected chi connectivity index (χ2v) is 4.98. The van der Waals surface area contributed by atoms with Gasteiger partial charge >= 0.3 is 0 Å². The zero-order valence-corrected chi connectivity index (χ0v) is 10.0. The van der Waals surface area contributed by atoms with Crippen LogP contribution in [0.2, 0.25) is 0 Å². The van der Waals surface area contributed by atoms with Crippen molar-refractivity contribution in [3.63, 3.8) is 0 Å². The Morgan fingerprint density at radius 3 is 3.28 bits per heavy atom. The van der Waals surface area contributed by atoms with Crippen molar-refractivity contribution in [1.29, 1.82) is 0 Å². The molecule has 3 aliphatic heterocycles. The van der Waals surface area contributed by atoms with E-state index in [2.05, 4.69) is 15.5 Å². The topological polar surface area (TPSA) is 53.6 Å². The Bertz CT molecular complexity index is 529. The molecule has 2 N–H and O–H groups in total. The number of hydrogen-bond donors (Lipinski definition) is 2. The van der Waals surface area contributed by atoms with E-state index in [1.807, 2.05) is 12.1 Å². The quantitative estimate of drug-likeness (QED) is 0.681. The number of rotatable bonds is 0. The van der Waals surface area contributed by atoms with Gasteiger partial charge in [-0.05, 0) is 12.1 Å². The molecule has 5 heteroatoms. The van der Waals surface area contributed by atoms with Crippen molar-refractivity contribution in [2.75, 3.05) is 31.1 Å². The molecule has 1 aromatic carbocycles. The number of benzene rings is 1. The third-order valence-corrected chi connectivity index (χ3v) is 3.99. The van der Waals surface area contributed by atoms with Gasteiger partial charge in [-0.2, -0.15) is 0 Å². The number of piperazine rings is 1. The summed E-state index contributed by atoms with van der Waals surface area (Å²) in [7, 11) is 0. The van der Waals surface area contributed by atoms with Crippen molar-refractivity contribution in [2.45, 2.75) is 12.6 Å². The molecule has 0 aliphatic carbocycles. The predicted octanol–water partition coefficient (Wildman–Crippen LogP) is 0.101. The smallest absolute Gasteiger partial charge is 0.252 e. The van der Waals surface area contributed by atoms with Crippen LogP contribution in [0, 0.1) is 0 Å². The first-order chi connectivity index (χ1) is 8.84. The fourth-order valence-electron chi connectivity index (χ4n) is 3.06. The van der Waals surface area contributed by atoms with Gasteiger partial charge in [-0.3, -0.25) is 4.79 Å². The highest BCUT2D eigenvalue weighted by atomic mass is 16.5. The summed E-state index contributed by atoms with van der Waals surface area (Å²) in [5.74, 6) is 0.919. The van der Waals surface area contributed by atoms with Gasteiger partial charge in [0.05, 0.1) is 11.7 Å². The number of fused-ring (bicyclic) bond motifs is 5. The molecule has 0 spiro atoms. The normalized spacial score (nSPS) is 24.8. The summed E-state index contributed by atoms with van der Waals surface area (Å²) in [6, 6.07) is 4.36. The lowest BCUT2D eigenvalue weighted by molar-refractivity contribution is 0.0966. The van der Waals surface area contributed by atoms with Crippen LogP contribution in [0.5, 0.6) is 5.75 Å². The number of hydrogen-bond acceptors (Lipinski definition) is 4. The number of amides is 1. The minimum atomic E-state index is 0.0128. The average molecular weight is 245 g/mol. The first-order valence-corrected chi connectivity index (χ1v) is 6.39. The van der Waals surface area contributed by atoms with Gasteiger partial charge in [-0.1, -0.05) is 0 Å². The van der Waals surface area contributed by atoms with Crippen LogP contribution in [-0.2, 0) is 6.54 Å². The summed E-state index contributed by atoms with van der Waals surface area (Å²) in [5.41, 5.74) is 2.93. The Morgan fingerprint density at radius 1 is 1.39 bits per heavy atom. The maximum atomic E-state index is 11.6. The van der Waals surface area contributed by atoms with E-state index < -0.39 is 0 Å². The van der Waals surface area contributed by atoms with E-state index in [1.165, 1.54) is 0 Å². The summed E-state index contributed by atoms with van der Waals surface area (Å²) in [4.78, 5) is 14.0. The summed E-state index contributed by atoms with van der Waals surface area (Å²) in [5, 5.41) is 6.24. The SMILES string of the molecule is O=C1NCc2c1ccc1c2OCC2CNCCN12. The van der Waals surface area contributed by atoms with Gasteiger partial charge in [0.2, 0.25) is 0 Å². The highest BCUT2D eigenvalue weighted by Crippen LogP contribution is 2.40. The summed E-state index contributed by atoms with van der Waals surface area (Å²) >= 11 is 0. The van der Waals surface area contributed by atoms with E-state index in [4.69, 9.17) is 4.74 Å². The van der Waals surface area contributed by atoms with Crippen molar-refractivity contribution in [3.05, 3.63) is 23.3 Å². The third kappa shape index (κ3) is 1.28. The van der Waals surface area contributed by atoms with E-state index in [0.29, 0.717) is 19.2 Å². The molecule has 1 saturated heterocycles. The maximum Gasteiger partial charge on any atom is 0.252 e. The molecular formula is C13H15N3O2. The molecule has 4 rings (SSSR count). The van der Waals surface area contributed by atoms with Crippen LogP contribution in [0.4, 0.5) is 5.69 Å². The number of carbonyl (C=O) groups excluding carboxylic acids is 1. The number of ether oxygens (including phenoxy) is 1. The summed E-state index contributed by atoms with van der Waals surface area (Å²) in [6.45, 7) is 4.26. The van der Waals surface area contributed by atoms with Gasteiger partial charge in [0, 0.05) is 37.3 Å². The highest BCUT2D eigenvalue weighted by Gasteiger charge is 2.34. The highest BCUT2D eigenvalue weighted by molar-refractivity contribution is 6.00. The number of anilines is 1. The van der Waals surface area contributed by atoms with Crippen molar-refractivity contribution in [2.24, 2.45) is 0 Å². The zero-order chi connectivity index (χ0) is 12.1.